The van der Waals surface area contributed by atoms with Gasteiger partial charge in [0.2, 0.25) is 5.91 Å². The van der Waals surface area contributed by atoms with Crippen LogP contribution >= 0.6 is 11.3 Å². The summed E-state index contributed by atoms with van der Waals surface area (Å²) >= 11 is 1.54. The van der Waals surface area contributed by atoms with Crippen LogP contribution in [0.25, 0.3) is 0 Å². The molecule has 1 aromatic heterocycles. The first-order chi connectivity index (χ1) is 8.63. The molecule has 2 aromatic rings. The maximum Gasteiger partial charge on any atom is 0.224 e. The molecule has 0 saturated carbocycles. The van der Waals surface area contributed by atoms with E-state index >= 15 is 0 Å². The summed E-state index contributed by atoms with van der Waals surface area (Å²) in [6.45, 7) is 2.40. The Kier molecular flexibility index (Phi) is 3.94. The zero-order chi connectivity index (χ0) is 13.0. The third-order valence-electron chi connectivity index (χ3n) is 2.40. The van der Waals surface area contributed by atoms with Crippen LogP contribution in [0.1, 0.15) is 16.3 Å². The van der Waals surface area contributed by atoms with Crippen LogP contribution in [0, 0.1) is 6.92 Å². The van der Waals surface area contributed by atoms with Crippen molar-refractivity contribution in [2.24, 2.45) is 0 Å². The number of nitrogens with zero attached hydrogens (tertiary/aromatic N) is 1. The lowest BCUT2D eigenvalue weighted by atomic mass is 10.1. The van der Waals surface area contributed by atoms with E-state index in [1.807, 2.05) is 12.3 Å². The van der Waals surface area contributed by atoms with Gasteiger partial charge in [0.25, 0.3) is 0 Å². The van der Waals surface area contributed by atoms with Crippen LogP contribution < -0.4 is 5.32 Å². The Morgan fingerprint density at radius 3 is 2.72 bits per heavy atom. The number of benzene rings is 1. The molecule has 0 aliphatic heterocycles. The van der Waals surface area contributed by atoms with E-state index in [4.69, 9.17) is 5.11 Å². The van der Waals surface area contributed by atoms with E-state index in [0.29, 0.717) is 13.0 Å². The minimum absolute atomic E-state index is 0.0476. The minimum Gasteiger partial charge on any atom is -0.508 e. The lowest BCUT2D eigenvalue weighted by Gasteiger charge is -2.03. The lowest BCUT2D eigenvalue weighted by Crippen LogP contribution is -2.24. The second-order valence-electron chi connectivity index (χ2n) is 4.00. The normalized spacial score (nSPS) is 10.3. The maximum absolute atomic E-state index is 11.7. The average Bonchev–Trinajstić information content (AvgIpc) is 2.76. The summed E-state index contributed by atoms with van der Waals surface area (Å²) in [6.07, 6.45) is 0.310. The Morgan fingerprint density at radius 2 is 2.11 bits per heavy atom. The van der Waals surface area contributed by atoms with Crippen LogP contribution in [-0.4, -0.2) is 16.0 Å². The first kappa shape index (κ1) is 12.6. The van der Waals surface area contributed by atoms with E-state index in [1.165, 1.54) is 0 Å². The molecule has 1 aromatic carbocycles. The van der Waals surface area contributed by atoms with Crippen LogP contribution in [0.3, 0.4) is 0 Å². The van der Waals surface area contributed by atoms with E-state index in [2.05, 4.69) is 10.3 Å². The van der Waals surface area contributed by atoms with Crippen molar-refractivity contribution in [1.82, 2.24) is 10.3 Å². The highest BCUT2D eigenvalue weighted by atomic mass is 32.1. The molecule has 0 radical (unpaired) electrons. The molecule has 2 rings (SSSR count). The SMILES string of the molecule is Cc1csc(CNC(=O)Cc2ccc(O)cc2)n1. The van der Waals surface area contributed by atoms with E-state index in [9.17, 15) is 4.79 Å². The van der Waals surface area contributed by atoms with Crippen molar-refractivity contribution >= 4 is 17.2 Å². The first-order valence-corrected chi connectivity index (χ1v) is 6.47. The monoisotopic (exact) mass is 262 g/mol. The molecule has 0 unspecified atom stereocenters. The Bertz CT molecular complexity index is 534. The molecular weight excluding hydrogens is 248 g/mol. The van der Waals surface area contributed by atoms with Crippen molar-refractivity contribution in [3.63, 3.8) is 0 Å². The molecule has 0 saturated heterocycles. The highest BCUT2D eigenvalue weighted by Crippen LogP contribution is 2.10. The molecular formula is C13H14N2O2S. The number of aromatic hydroxyl groups is 1. The van der Waals surface area contributed by atoms with Crippen LogP contribution in [0.5, 0.6) is 5.75 Å². The summed E-state index contributed by atoms with van der Waals surface area (Å²) in [5.41, 5.74) is 1.85. The predicted octanol–water partition coefficient (Wildman–Crippen LogP) is 2.02. The zero-order valence-electron chi connectivity index (χ0n) is 10.0. The van der Waals surface area contributed by atoms with Gasteiger partial charge >= 0.3 is 0 Å². The van der Waals surface area contributed by atoms with Crippen LogP contribution in [0.2, 0.25) is 0 Å². The predicted molar refractivity (Wildman–Crippen MR) is 70.5 cm³/mol. The number of phenols is 1. The molecule has 0 aliphatic carbocycles. The zero-order valence-corrected chi connectivity index (χ0v) is 10.8. The van der Waals surface area contributed by atoms with Gasteiger partial charge in [-0.25, -0.2) is 4.98 Å². The van der Waals surface area contributed by atoms with Gasteiger partial charge in [-0.1, -0.05) is 12.1 Å². The topological polar surface area (TPSA) is 62.2 Å². The number of rotatable bonds is 4. The highest BCUT2D eigenvalue weighted by molar-refractivity contribution is 7.09. The number of phenolic OH excluding ortho intramolecular Hbond substituents is 1. The molecule has 1 heterocycles. The molecule has 0 fully saturated rings. The number of nitrogens with one attached hydrogen (secondary N) is 1. The van der Waals surface area contributed by atoms with Crippen LogP contribution in [-0.2, 0) is 17.8 Å². The van der Waals surface area contributed by atoms with Gasteiger partial charge in [0.05, 0.1) is 13.0 Å². The summed E-state index contributed by atoms with van der Waals surface area (Å²) in [5.74, 6) is 0.158. The quantitative estimate of drug-likeness (QED) is 0.886. The summed E-state index contributed by atoms with van der Waals surface area (Å²) in [4.78, 5) is 16.0. The Hall–Kier alpha value is -1.88. The third kappa shape index (κ3) is 3.56. The van der Waals surface area contributed by atoms with E-state index in [-0.39, 0.29) is 11.7 Å². The van der Waals surface area contributed by atoms with Crippen molar-refractivity contribution in [3.8, 4) is 5.75 Å². The average molecular weight is 262 g/mol. The van der Waals surface area contributed by atoms with Crippen molar-refractivity contribution in [2.75, 3.05) is 0 Å². The number of carbonyl (C=O) groups excluding carboxylic acids is 1. The molecule has 2 N–H and O–H groups in total. The second kappa shape index (κ2) is 5.64. The summed E-state index contributed by atoms with van der Waals surface area (Å²) in [7, 11) is 0. The molecule has 0 bridgehead atoms. The number of hydrogen-bond acceptors (Lipinski definition) is 4. The van der Waals surface area contributed by atoms with Gasteiger partial charge in [-0.05, 0) is 24.6 Å². The van der Waals surface area contributed by atoms with E-state index in [1.54, 1.807) is 35.6 Å². The summed E-state index contributed by atoms with van der Waals surface area (Å²) in [6, 6.07) is 6.63. The van der Waals surface area contributed by atoms with Crippen LogP contribution in [0.4, 0.5) is 0 Å². The largest absolute Gasteiger partial charge is 0.508 e. The number of aryl methyl sites for hydroxylation is 1. The molecule has 0 spiro atoms. The van der Waals surface area contributed by atoms with Crippen molar-refractivity contribution in [3.05, 3.63) is 45.9 Å². The number of aromatic nitrogens is 1. The maximum atomic E-state index is 11.7. The van der Waals surface area contributed by atoms with Gasteiger partial charge in [-0.2, -0.15) is 0 Å². The van der Waals surface area contributed by atoms with Gasteiger partial charge < -0.3 is 10.4 Å². The fourth-order valence-corrected chi connectivity index (χ4v) is 2.23. The highest BCUT2D eigenvalue weighted by Gasteiger charge is 2.05. The summed E-state index contributed by atoms with van der Waals surface area (Å²) in [5, 5.41) is 14.8. The molecule has 1 amide bonds. The lowest BCUT2D eigenvalue weighted by molar-refractivity contribution is -0.120. The molecule has 5 heteroatoms. The fourth-order valence-electron chi connectivity index (χ4n) is 1.52. The van der Waals surface area contributed by atoms with Crippen LogP contribution in [0.15, 0.2) is 29.6 Å². The van der Waals surface area contributed by atoms with Gasteiger partial charge in [-0.15, -0.1) is 11.3 Å². The van der Waals surface area contributed by atoms with Gasteiger partial charge in [-0.3, -0.25) is 4.79 Å². The van der Waals surface area contributed by atoms with Gasteiger partial charge in [0.15, 0.2) is 0 Å². The smallest absolute Gasteiger partial charge is 0.224 e. The Balaban J connectivity index is 1.83. The van der Waals surface area contributed by atoms with Gasteiger partial charge in [0.1, 0.15) is 10.8 Å². The molecule has 0 atom stereocenters. The molecule has 0 aliphatic rings. The van der Waals surface area contributed by atoms with Crippen molar-refractivity contribution in [1.29, 1.82) is 0 Å². The first-order valence-electron chi connectivity index (χ1n) is 5.59. The van der Waals surface area contributed by atoms with E-state index < -0.39 is 0 Å². The number of hydrogen-bond donors (Lipinski definition) is 2. The minimum atomic E-state index is -0.0476. The standard InChI is InChI=1S/C13H14N2O2S/c1-9-8-18-13(15-9)7-14-12(17)6-10-2-4-11(16)5-3-10/h2-5,8,16H,6-7H2,1H3,(H,14,17). The molecule has 18 heavy (non-hydrogen) atoms. The molecule has 4 nitrogen and oxygen atoms in total. The van der Waals surface area contributed by atoms with Crippen molar-refractivity contribution in [2.45, 2.75) is 19.9 Å². The number of thiazole rings is 1. The van der Waals surface area contributed by atoms with E-state index in [0.717, 1.165) is 16.3 Å². The number of carbonyl (C=O) groups is 1. The van der Waals surface area contributed by atoms with Crippen molar-refractivity contribution < 1.29 is 9.90 Å². The number of amides is 1. The summed E-state index contributed by atoms with van der Waals surface area (Å²) < 4.78 is 0. The Morgan fingerprint density at radius 1 is 1.39 bits per heavy atom. The fraction of sp³-hybridized carbons (Fsp3) is 0.231. The third-order valence-corrected chi connectivity index (χ3v) is 3.37. The Labute approximate surface area is 109 Å². The second-order valence-corrected chi connectivity index (χ2v) is 4.95. The molecule has 94 valence electrons. The van der Waals surface area contributed by atoms with Gasteiger partial charge in [0, 0.05) is 11.1 Å².